The third-order valence-electron chi connectivity index (χ3n) is 8.39. The van der Waals surface area contributed by atoms with Gasteiger partial charge in [0.15, 0.2) is 0 Å². The monoisotopic (exact) mass is 573 g/mol. The number of pyridine rings is 1. The number of hydrogen-bond acceptors (Lipinski definition) is 4. The largest absolute Gasteiger partial charge is 0.465 e. The van der Waals surface area contributed by atoms with Gasteiger partial charge in [0.05, 0.1) is 12.7 Å². The quantitative estimate of drug-likeness (QED) is 0.299. The molecule has 2 aliphatic heterocycles. The molecule has 218 valence electrons. The Balaban J connectivity index is 1.54. The number of amides is 1. The van der Waals surface area contributed by atoms with E-state index in [0.29, 0.717) is 49.3 Å². The highest BCUT2D eigenvalue weighted by Crippen LogP contribution is 2.44. The van der Waals surface area contributed by atoms with Crippen molar-refractivity contribution in [1.82, 2.24) is 19.2 Å². The van der Waals surface area contributed by atoms with Gasteiger partial charge in [0, 0.05) is 67.6 Å². The normalized spacial score (nSPS) is 15.0. The molecule has 8 nitrogen and oxygen atoms in total. The van der Waals surface area contributed by atoms with Gasteiger partial charge in [-0.2, -0.15) is 5.10 Å². The van der Waals surface area contributed by atoms with Gasteiger partial charge in [0.2, 0.25) is 0 Å². The van der Waals surface area contributed by atoms with Crippen molar-refractivity contribution >= 4 is 17.5 Å². The lowest BCUT2D eigenvalue weighted by Crippen LogP contribution is -2.31. The summed E-state index contributed by atoms with van der Waals surface area (Å²) in [4.78, 5) is 28.3. The molecule has 0 bridgehead atoms. The van der Waals surface area contributed by atoms with Gasteiger partial charge < -0.3 is 19.5 Å². The van der Waals surface area contributed by atoms with E-state index >= 15 is 0 Å². The van der Waals surface area contributed by atoms with Crippen LogP contribution in [0.15, 0.2) is 59.8 Å². The molecule has 2 aromatic carbocycles. The van der Waals surface area contributed by atoms with Crippen LogP contribution in [0.3, 0.4) is 0 Å². The van der Waals surface area contributed by atoms with E-state index in [1.54, 1.807) is 47.0 Å². The van der Waals surface area contributed by atoms with Gasteiger partial charge in [-0.15, -0.1) is 0 Å². The molecule has 0 saturated heterocycles. The summed E-state index contributed by atoms with van der Waals surface area (Å²) in [5.74, 6) is 0. The first-order chi connectivity index (χ1) is 20.2. The number of benzene rings is 2. The number of carboxylic acid groups (broad SMARTS) is 1. The van der Waals surface area contributed by atoms with E-state index in [1.807, 2.05) is 25.1 Å². The molecular formula is C32H33F2N5O3. The molecule has 0 atom stereocenters. The molecule has 0 saturated carbocycles. The van der Waals surface area contributed by atoms with Crippen LogP contribution in [-0.4, -0.2) is 43.5 Å². The third-order valence-corrected chi connectivity index (χ3v) is 8.39. The van der Waals surface area contributed by atoms with Gasteiger partial charge in [0.25, 0.3) is 12.0 Å². The smallest absolute Gasteiger partial charge is 0.407 e. The summed E-state index contributed by atoms with van der Waals surface area (Å²) >= 11 is 0. The van der Waals surface area contributed by atoms with Crippen LogP contribution in [0.25, 0.3) is 22.3 Å². The van der Waals surface area contributed by atoms with Gasteiger partial charge in [-0.25, -0.2) is 13.6 Å². The molecule has 1 N–H and O–H groups in total. The zero-order chi connectivity index (χ0) is 29.5. The predicted octanol–water partition coefficient (Wildman–Crippen LogP) is 6.38. The van der Waals surface area contributed by atoms with Crippen molar-refractivity contribution in [2.75, 3.05) is 18.0 Å². The molecule has 1 amide bonds. The minimum Gasteiger partial charge on any atom is -0.465 e. The van der Waals surface area contributed by atoms with Crippen LogP contribution in [0.4, 0.5) is 25.0 Å². The van der Waals surface area contributed by atoms with Crippen LogP contribution in [0.1, 0.15) is 48.4 Å². The lowest BCUT2D eigenvalue weighted by molar-refractivity contribution is 0.143. The number of halogens is 2. The summed E-state index contributed by atoms with van der Waals surface area (Å²) in [6.45, 7) is 3.70. The van der Waals surface area contributed by atoms with Gasteiger partial charge in [-0.3, -0.25) is 9.48 Å². The second-order valence-electron chi connectivity index (χ2n) is 11.0. The molecule has 0 unspecified atom stereocenters. The highest BCUT2D eigenvalue weighted by atomic mass is 19.3. The van der Waals surface area contributed by atoms with E-state index in [1.165, 1.54) is 4.90 Å². The molecule has 4 aromatic rings. The lowest BCUT2D eigenvalue weighted by atomic mass is 9.90. The first-order valence-electron chi connectivity index (χ1n) is 14.3. The number of rotatable bonds is 5. The van der Waals surface area contributed by atoms with Gasteiger partial charge in [-0.1, -0.05) is 6.07 Å². The number of anilines is 2. The standard InChI is InChI=1S/C32H33F2N5O3/c1-3-37-11-8-20(15-30(37)40)23-12-21-6-4-9-38(32(41)42)19-27(21)29(14-23)39-10-5-7-22-13-25(24-17-35-36(2)18-24)26(31(33)34)16-28(22)39/h8,11-18,31H,3-7,9-10,19H2,1-2H3,(H,41,42). The van der Waals surface area contributed by atoms with Gasteiger partial charge in [-0.05, 0) is 90.3 Å². The van der Waals surface area contributed by atoms with Crippen molar-refractivity contribution in [3.05, 3.63) is 87.6 Å². The average molecular weight is 574 g/mol. The Morgan fingerprint density at radius 1 is 1.00 bits per heavy atom. The van der Waals surface area contributed by atoms with E-state index in [4.69, 9.17) is 0 Å². The maximum absolute atomic E-state index is 14.5. The van der Waals surface area contributed by atoms with E-state index in [2.05, 4.69) is 16.1 Å². The SMILES string of the molecule is CCn1ccc(-c2cc3c(c(N4CCCc5cc(-c6cnn(C)c6)c(C(F)F)cc54)c2)CN(C(=O)O)CCC3)cc1=O. The Labute approximate surface area is 242 Å². The molecule has 0 aliphatic carbocycles. The lowest BCUT2D eigenvalue weighted by Gasteiger charge is -2.35. The van der Waals surface area contributed by atoms with Crippen LogP contribution >= 0.6 is 0 Å². The Morgan fingerprint density at radius 3 is 2.48 bits per heavy atom. The van der Waals surface area contributed by atoms with E-state index < -0.39 is 12.5 Å². The van der Waals surface area contributed by atoms with Crippen LogP contribution in [0, 0.1) is 0 Å². The molecular weight excluding hydrogens is 540 g/mol. The summed E-state index contributed by atoms with van der Waals surface area (Å²) in [7, 11) is 1.76. The fourth-order valence-corrected chi connectivity index (χ4v) is 6.26. The number of aromatic nitrogens is 3. The second kappa shape index (κ2) is 11.1. The molecule has 0 spiro atoms. The first-order valence-corrected chi connectivity index (χ1v) is 14.3. The third kappa shape index (κ3) is 5.06. The van der Waals surface area contributed by atoms with Crippen molar-refractivity contribution in [3.8, 4) is 22.3 Å². The predicted molar refractivity (Wildman–Crippen MR) is 157 cm³/mol. The minimum atomic E-state index is -2.69. The molecule has 0 radical (unpaired) electrons. The second-order valence-corrected chi connectivity index (χ2v) is 11.0. The van der Waals surface area contributed by atoms with Crippen LogP contribution in [0.5, 0.6) is 0 Å². The zero-order valence-electron chi connectivity index (χ0n) is 23.7. The molecule has 2 aliphatic rings. The number of fused-ring (bicyclic) bond motifs is 2. The Bertz CT molecular complexity index is 1730. The minimum absolute atomic E-state index is 0.0637. The molecule has 42 heavy (non-hydrogen) atoms. The Kier molecular flexibility index (Phi) is 7.30. The number of alkyl halides is 2. The number of hydrogen-bond donors (Lipinski definition) is 1. The van der Waals surface area contributed by atoms with Crippen LogP contribution in [-0.2, 0) is 33.0 Å². The van der Waals surface area contributed by atoms with E-state index in [-0.39, 0.29) is 17.7 Å². The summed E-state index contributed by atoms with van der Waals surface area (Å²) in [5, 5.41) is 14.1. The van der Waals surface area contributed by atoms with Crippen molar-refractivity contribution in [2.24, 2.45) is 7.05 Å². The number of nitrogens with zero attached hydrogens (tertiary/aromatic N) is 5. The van der Waals surface area contributed by atoms with Crippen molar-refractivity contribution in [1.29, 1.82) is 0 Å². The fourth-order valence-electron chi connectivity index (χ4n) is 6.26. The summed E-state index contributed by atoms with van der Waals surface area (Å²) < 4.78 is 32.3. The summed E-state index contributed by atoms with van der Waals surface area (Å²) in [6, 6.07) is 11.0. The van der Waals surface area contributed by atoms with E-state index in [9.17, 15) is 23.5 Å². The van der Waals surface area contributed by atoms with Crippen LogP contribution in [0.2, 0.25) is 0 Å². The highest BCUT2D eigenvalue weighted by Gasteiger charge is 2.29. The molecule has 2 aromatic heterocycles. The maximum Gasteiger partial charge on any atom is 0.407 e. The van der Waals surface area contributed by atoms with Gasteiger partial charge in [0.1, 0.15) is 0 Å². The average Bonchev–Trinajstić information content (AvgIpc) is 3.29. The van der Waals surface area contributed by atoms with Crippen molar-refractivity contribution < 1.29 is 18.7 Å². The zero-order valence-corrected chi connectivity index (χ0v) is 23.7. The topological polar surface area (TPSA) is 83.6 Å². The summed E-state index contributed by atoms with van der Waals surface area (Å²) in [5.41, 5.74) is 6.92. The molecule has 10 heteroatoms. The number of aryl methyl sites for hydroxylation is 4. The van der Waals surface area contributed by atoms with Crippen LogP contribution < -0.4 is 10.5 Å². The molecule has 6 rings (SSSR count). The van der Waals surface area contributed by atoms with Crippen molar-refractivity contribution in [3.63, 3.8) is 0 Å². The molecule has 4 heterocycles. The number of carbonyl (C=O) groups is 1. The van der Waals surface area contributed by atoms with Crippen molar-refractivity contribution in [2.45, 2.75) is 52.1 Å². The Hall–Kier alpha value is -4.47. The summed E-state index contributed by atoms with van der Waals surface area (Å²) in [6.07, 6.45) is 4.33. The maximum atomic E-state index is 14.5. The Morgan fingerprint density at radius 2 is 1.79 bits per heavy atom. The van der Waals surface area contributed by atoms with Gasteiger partial charge >= 0.3 is 6.09 Å². The highest BCUT2D eigenvalue weighted by molar-refractivity contribution is 5.81. The first kappa shape index (κ1) is 27.7. The van der Waals surface area contributed by atoms with E-state index in [0.717, 1.165) is 46.3 Å². The molecule has 0 fully saturated rings. The fraction of sp³-hybridized carbons (Fsp3) is 0.344.